The van der Waals surface area contributed by atoms with Crippen LogP contribution in [0.1, 0.15) is 29.7 Å². The van der Waals surface area contributed by atoms with E-state index in [2.05, 4.69) is 22.8 Å². The highest BCUT2D eigenvalue weighted by Crippen LogP contribution is 2.28. The molecule has 3 aromatic rings. The van der Waals surface area contributed by atoms with Crippen molar-refractivity contribution in [2.45, 2.75) is 36.3 Å². The number of carbonyl (C=O) groups excluding carboxylic acids is 1. The third-order valence-corrected chi connectivity index (χ3v) is 9.62. The van der Waals surface area contributed by atoms with Crippen LogP contribution < -0.4 is 5.32 Å². The van der Waals surface area contributed by atoms with Crippen LogP contribution in [0.2, 0.25) is 0 Å². The van der Waals surface area contributed by atoms with Crippen molar-refractivity contribution < 1.29 is 13.2 Å². The van der Waals surface area contributed by atoms with Gasteiger partial charge in [-0.15, -0.1) is 22.7 Å². The van der Waals surface area contributed by atoms with E-state index < -0.39 is 10.0 Å². The molecular weight excluding hydrogens is 424 g/mol. The zero-order chi connectivity index (χ0) is 20.3. The van der Waals surface area contributed by atoms with Crippen molar-refractivity contribution in [2.75, 3.05) is 19.6 Å². The number of thiophene rings is 2. The molecule has 8 heteroatoms. The fourth-order valence-corrected chi connectivity index (χ4v) is 7.63. The summed E-state index contributed by atoms with van der Waals surface area (Å²) in [5.74, 6) is -0.0756. The number of sulfonamides is 1. The van der Waals surface area contributed by atoms with Gasteiger partial charge in [-0.05, 0) is 53.8 Å². The van der Waals surface area contributed by atoms with Gasteiger partial charge in [0, 0.05) is 29.2 Å². The molecule has 2 aromatic heterocycles. The van der Waals surface area contributed by atoms with Gasteiger partial charge in [0.2, 0.25) is 5.91 Å². The van der Waals surface area contributed by atoms with Crippen molar-refractivity contribution in [3.63, 3.8) is 0 Å². The Hall–Kier alpha value is -1.74. The molecule has 5 nitrogen and oxygen atoms in total. The van der Waals surface area contributed by atoms with E-state index in [9.17, 15) is 13.2 Å². The molecule has 0 bridgehead atoms. The number of hydrogen-bond donors (Lipinski definition) is 1. The molecule has 4 rings (SSSR count). The molecule has 3 heterocycles. The van der Waals surface area contributed by atoms with Crippen LogP contribution in [0.3, 0.4) is 0 Å². The second kappa shape index (κ2) is 8.95. The maximum atomic E-state index is 12.7. The SMILES string of the molecule is O=C(Cc1ccc(S(=O)(=O)N2CCCCC2)s1)NCCc1csc2ccccc12. The van der Waals surface area contributed by atoms with Gasteiger partial charge >= 0.3 is 0 Å². The maximum absolute atomic E-state index is 12.7. The van der Waals surface area contributed by atoms with Gasteiger partial charge in [0.1, 0.15) is 4.21 Å². The van der Waals surface area contributed by atoms with Gasteiger partial charge < -0.3 is 5.32 Å². The topological polar surface area (TPSA) is 66.5 Å². The van der Waals surface area contributed by atoms with Crippen LogP contribution in [0.4, 0.5) is 0 Å². The Morgan fingerprint density at radius 1 is 1.07 bits per heavy atom. The van der Waals surface area contributed by atoms with Crippen LogP contribution in [0, 0.1) is 0 Å². The average Bonchev–Trinajstić information content (AvgIpc) is 3.36. The number of amides is 1. The molecular formula is C21H24N2O3S3. The molecule has 1 N–H and O–H groups in total. The lowest BCUT2D eigenvalue weighted by molar-refractivity contribution is -0.120. The Morgan fingerprint density at radius 3 is 2.69 bits per heavy atom. The minimum absolute atomic E-state index is 0.0756. The van der Waals surface area contributed by atoms with E-state index in [0.29, 0.717) is 23.8 Å². The van der Waals surface area contributed by atoms with Crippen molar-refractivity contribution in [3.05, 3.63) is 52.2 Å². The van der Waals surface area contributed by atoms with E-state index in [4.69, 9.17) is 0 Å². The minimum atomic E-state index is -3.42. The third kappa shape index (κ3) is 4.71. The monoisotopic (exact) mass is 448 g/mol. The first-order chi connectivity index (χ1) is 14.0. The second-order valence-corrected chi connectivity index (χ2v) is 11.5. The molecule has 0 spiro atoms. The molecule has 0 atom stereocenters. The fourth-order valence-electron chi connectivity index (χ4n) is 3.61. The van der Waals surface area contributed by atoms with Crippen LogP contribution in [0.25, 0.3) is 10.1 Å². The third-order valence-electron chi connectivity index (χ3n) is 5.16. The molecule has 1 fully saturated rings. The van der Waals surface area contributed by atoms with Gasteiger partial charge in [0.05, 0.1) is 6.42 Å². The van der Waals surface area contributed by atoms with Gasteiger partial charge in [-0.3, -0.25) is 4.79 Å². The van der Waals surface area contributed by atoms with Crippen molar-refractivity contribution in [1.82, 2.24) is 9.62 Å². The molecule has 0 unspecified atom stereocenters. The number of nitrogens with one attached hydrogen (secondary N) is 1. The van der Waals surface area contributed by atoms with E-state index in [-0.39, 0.29) is 12.3 Å². The molecule has 1 aliphatic rings. The van der Waals surface area contributed by atoms with Crippen LogP contribution in [0.5, 0.6) is 0 Å². The zero-order valence-corrected chi connectivity index (χ0v) is 18.5. The van der Waals surface area contributed by atoms with E-state index in [0.717, 1.165) is 30.6 Å². The Kier molecular flexibility index (Phi) is 6.34. The van der Waals surface area contributed by atoms with Crippen LogP contribution >= 0.6 is 22.7 Å². The van der Waals surface area contributed by atoms with E-state index in [1.165, 1.54) is 27.0 Å². The summed E-state index contributed by atoms with van der Waals surface area (Å²) in [6, 6.07) is 11.7. The highest BCUT2D eigenvalue weighted by atomic mass is 32.2. The standard InChI is InChI=1S/C21H24N2O3S3/c24-20(22-11-10-16-15-27-19-7-3-2-6-18(16)19)14-17-8-9-21(28-17)29(25,26)23-12-4-1-5-13-23/h2-3,6-9,15H,1,4-5,10-14H2,(H,22,24). The van der Waals surface area contributed by atoms with Crippen molar-refractivity contribution in [1.29, 1.82) is 0 Å². The Bertz CT molecular complexity index is 1100. The normalized spacial score (nSPS) is 15.6. The molecule has 0 aliphatic carbocycles. The van der Waals surface area contributed by atoms with Gasteiger partial charge in [-0.1, -0.05) is 24.6 Å². The number of benzene rings is 1. The van der Waals surface area contributed by atoms with Gasteiger partial charge in [0.15, 0.2) is 0 Å². The lowest BCUT2D eigenvalue weighted by Crippen LogP contribution is -2.35. The summed E-state index contributed by atoms with van der Waals surface area (Å²) in [6.45, 7) is 1.75. The first kappa shape index (κ1) is 20.5. The molecule has 1 amide bonds. The molecule has 0 radical (unpaired) electrons. The smallest absolute Gasteiger partial charge is 0.252 e. The largest absolute Gasteiger partial charge is 0.355 e. The van der Waals surface area contributed by atoms with E-state index >= 15 is 0 Å². The first-order valence-electron chi connectivity index (χ1n) is 9.85. The summed E-state index contributed by atoms with van der Waals surface area (Å²) in [4.78, 5) is 13.1. The zero-order valence-electron chi connectivity index (χ0n) is 16.1. The fraction of sp³-hybridized carbons (Fsp3) is 0.381. The Balaban J connectivity index is 1.31. The van der Waals surface area contributed by atoms with Crippen molar-refractivity contribution >= 4 is 48.7 Å². The lowest BCUT2D eigenvalue weighted by atomic mass is 10.1. The molecule has 29 heavy (non-hydrogen) atoms. The molecule has 1 aromatic carbocycles. The first-order valence-corrected chi connectivity index (χ1v) is 13.0. The van der Waals surface area contributed by atoms with Crippen LogP contribution in [-0.2, 0) is 27.7 Å². The maximum Gasteiger partial charge on any atom is 0.252 e. The number of rotatable bonds is 7. The van der Waals surface area contributed by atoms with E-state index in [1.807, 2.05) is 12.1 Å². The summed E-state index contributed by atoms with van der Waals surface area (Å²) in [7, 11) is -3.42. The molecule has 1 aliphatic heterocycles. The van der Waals surface area contributed by atoms with Gasteiger partial charge in [0.25, 0.3) is 10.0 Å². The second-order valence-electron chi connectivity index (χ2n) is 7.22. The number of piperidine rings is 1. The quantitative estimate of drug-likeness (QED) is 0.593. The Labute approximate surface area is 179 Å². The van der Waals surface area contributed by atoms with Crippen LogP contribution in [-0.4, -0.2) is 38.3 Å². The molecule has 0 saturated carbocycles. The predicted octanol–water partition coefficient (Wildman–Crippen LogP) is 4.04. The summed E-state index contributed by atoms with van der Waals surface area (Å²) in [6.07, 6.45) is 3.92. The highest BCUT2D eigenvalue weighted by Gasteiger charge is 2.27. The number of fused-ring (bicyclic) bond motifs is 1. The summed E-state index contributed by atoms with van der Waals surface area (Å²) in [5, 5.41) is 6.35. The molecule has 154 valence electrons. The van der Waals surface area contributed by atoms with E-state index in [1.54, 1.807) is 27.8 Å². The number of hydrogen-bond acceptors (Lipinski definition) is 5. The molecule has 1 saturated heterocycles. The summed E-state index contributed by atoms with van der Waals surface area (Å²) < 4.78 is 28.6. The van der Waals surface area contributed by atoms with Gasteiger partial charge in [-0.25, -0.2) is 8.42 Å². The van der Waals surface area contributed by atoms with Crippen molar-refractivity contribution in [2.24, 2.45) is 0 Å². The number of carbonyl (C=O) groups is 1. The van der Waals surface area contributed by atoms with Crippen molar-refractivity contribution in [3.8, 4) is 0 Å². The van der Waals surface area contributed by atoms with Gasteiger partial charge in [-0.2, -0.15) is 4.31 Å². The predicted molar refractivity (Wildman–Crippen MR) is 119 cm³/mol. The Morgan fingerprint density at radius 2 is 1.86 bits per heavy atom. The summed E-state index contributed by atoms with van der Waals surface area (Å²) >= 11 is 2.93. The lowest BCUT2D eigenvalue weighted by Gasteiger charge is -2.25. The minimum Gasteiger partial charge on any atom is -0.355 e. The highest BCUT2D eigenvalue weighted by molar-refractivity contribution is 7.91. The van der Waals surface area contributed by atoms with Crippen LogP contribution in [0.15, 0.2) is 46.0 Å². The number of nitrogens with zero attached hydrogens (tertiary/aromatic N) is 1. The average molecular weight is 449 g/mol. The summed E-state index contributed by atoms with van der Waals surface area (Å²) in [5.41, 5.74) is 1.25.